The highest BCUT2D eigenvalue weighted by Crippen LogP contribution is 2.31. The van der Waals surface area contributed by atoms with Gasteiger partial charge in [0, 0.05) is 35.1 Å². The molecule has 5 nitrogen and oxygen atoms in total. The lowest BCUT2D eigenvalue weighted by Gasteiger charge is -2.24. The fourth-order valence-electron chi connectivity index (χ4n) is 3.04. The Kier molecular flexibility index (Phi) is 4.08. The average molecular weight is 340 g/mol. The van der Waals surface area contributed by atoms with Crippen LogP contribution in [0.15, 0.2) is 77.6 Å². The Morgan fingerprint density at radius 2 is 1.96 bits per heavy atom. The summed E-state index contributed by atoms with van der Waals surface area (Å²) in [6, 6.07) is 19.9. The van der Waals surface area contributed by atoms with Crippen LogP contribution in [0.4, 0.5) is 5.69 Å². The Bertz CT molecular complexity index is 1060. The van der Waals surface area contributed by atoms with Crippen LogP contribution in [0.5, 0.6) is 5.75 Å². The van der Waals surface area contributed by atoms with Crippen molar-refractivity contribution in [2.45, 2.75) is 0 Å². The summed E-state index contributed by atoms with van der Waals surface area (Å²) in [5.74, 6) is 0.697. The predicted molar refractivity (Wildman–Crippen MR) is 102 cm³/mol. The van der Waals surface area contributed by atoms with Crippen LogP contribution in [0, 0.1) is 11.3 Å². The molecule has 0 unspecified atom stereocenters. The SMILES string of the molecule is COc1cc(N2C=C(C#N)C(c3ccccc3)=NC2)cc2cccnc12. The van der Waals surface area contributed by atoms with Crippen LogP contribution >= 0.6 is 0 Å². The number of allylic oxidation sites excluding steroid dienone is 1. The standard InChI is InChI=1S/C21H16N4O/c1-26-19-11-18(10-16-8-5-9-23-21(16)19)25-13-17(12-22)20(24-14-25)15-6-3-2-4-7-15/h2-11,13H,14H2,1H3. The molecular formula is C21H16N4O. The summed E-state index contributed by atoms with van der Waals surface area (Å²) < 4.78 is 5.49. The van der Waals surface area contributed by atoms with Gasteiger partial charge in [0.15, 0.2) is 0 Å². The van der Waals surface area contributed by atoms with E-state index in [1.165, 1.54) is 0 Å². The summed E-state index contributed by atoms with van der Waals surface area (Å²) >= 11 is 0. The quantitative estimate of drug-likeness (QED) is 0.725. The van der Waals surface area contributed by atoms with Gasteiger partial charge >= 0.3 is 0 Å². The number of fused-ring (bicyclic) bond motifs is 1. The second-order valence-corrected chi connectivity index (χ2v) is 5.86. The molecule has 0 atom stereocenters. The minimum absolute atomic E-state index is 0.435. The first-order chi connectivity index (χ1) is 12.8. The first-order valence-corrected chi connectivity index (χ1v) is 8.22. The lowest BCUT2D eigenvalue weighted by Crippen LogP contribution is -2.24. The Morgan fingerprint density at radius 1 is 1.12 bits per heavy atom. The molecule has 26 heavy (non-hydrogen) atoms. The molecule has 0 N–H and O–H groups in total. The molecule has 1 aliphatic rings. The summed E-state index contributed by atoms with van der Waals surface area (Å²) in [5.41, 5.74) is 3.92. The van der Waals surface area contributed by atoms with E-state index < -0.39 is 0 Å². The number of nitriles is 1. The maximum Gasteiger partial charge on any atom is 0.147 e. The average Bonchev–Trinajstić information content (AvgIpc) is 2.73. The van der Waals surface area contributed by atoms with Crippen molar-refractivity contribution >= 4 is 22.3 Å². The maximum absolute atomic E-state index is 9.60. The summed E-state index contributed by atoms with van der Waals surface area (Å²) in [6.45, 7) is 0.435. The number of pyridine rings is 1. The molecule has 2 aromatic carbocycles. The molecule has 126 valence electrons. The number of ether oxygens (including phenoxy) is 1. The molecule has 4 rings (SSSR count). The fourth-order valence-corrected chi connectivity index (χ4v) is 3.04. The lowest BCUT2D eigenvalue weighted by atomic mass is 10.0. The summed E-state index contributed by atoms with van der Waals surface area (Å²) in [4.78, 5) is 11.0. The summed E-state index contributed by atoms with van der Waals surface area (Å²) in [6.07, 6.45) is 3.59. The number of methoxy groups -OCH3 is 1. The molecule has 0 spiro atoms. The third kappa shape index (κ3) is 2.78. The van der Waals surface area contributed by atoms with E-state index in [-0.39, 0.29) is 0 Å². The van der Waals surface area contributed by atoms with E-state index in [4.69, 9.17) is 4.74 Å². The number of benzene rings is 2. The first kappa shape index (κ1) is 15.9. The maximum atomic E-state index is 9.60. The summed E-state index contributed by atoms with van der Waals surface area (Å²) in [7, 11) is 1.63. The van der Waals surface area contributed by atoms with Crippen molar-refractivity contribution in [3.8, 4) is 11.8 Å². The molecular weight excluding hydrogens is 324 g/mol. The number of aliphatic imine (C=N–C) groups is 1. The van der Waals surface area contributed by atoms with E-state index >= 15 is 0 Å². The first-order valence-electron chi connectivity index (χ1n) is 8.22. The van der Waals surface area contributed by atoms with Crippen molar-refractivity contribution < 1.29 is 4.74 Å². The number of anilines is 1. The van der Waals surface area contributed by atoms with Crippen LogP contribution in [0.1, 0.15) is 5.56 Å². The smallest absolute Gasteiger partial charge is 0.147 e. The normalized spacial score (nSPS) is 13.8. The molecule has 0 aliphatic carbocycles. The van der Waals surface area contributed by atoms with Crippen LogP contribution in [0.25, 0.3) is 10.9 Å². The molecule has 0 radical (unpaired) electrons. The van der Waals surface area contributed by atoms with Gasteiger partial charge in [-0.3, -0.25) is 9.98 Å². The van der Waals surface area contributed by atoms with Gasteiger partial charge in [-0.2, -0.15) is 5.26 Å². The Balaban J connectivity index is 1.75. The highest BCUT2D eigenvalue weighted by molar-refractivity contribution is 6.15. The van der Waals surface area contributed by atoms with Gasteiger partial charge in [-0.25, -0.2) is 0 Å². The third-order valence-electron chi connectivity index (χ3n) is 4.30. The zero-order chi connectivity index (χ0) is 17.9. The third-order valence-corrected chi connectivity index (χ3v) is 4.30. The molecule has 1 aliphatic heterocycles. The number of rotatable bonds is 3. The molecule has 2 heterocycles. The van der Waals surface area contributed by atoms with Gasteiger partial charge in [0.05, 0.1) is 18.4 Å². The number of hydrogen-bond acceptors (Lipinski definition) is 5. The molecule has 1 aromatic heterocycles. The molecule has 0 fully saturated rings. The summed E-state index contributed by atoms with van der Waals surface area (Å²) in [5, 5.41) is 10.6. The van der Waals surface area contributed by atoms with Crippen molar-refractivity contribution in [2.75, 3.05) is 18.7 Å². The van der Waals surface area contributed by atoms with Crippen molar-refractivity contribution in [3.05, 3.63) is 78.1 Å². The van der Waals surface area contributed by atoms with Crippen LogP contribution < -0.4 is 9.64 Å². The highest BCUT2D eigenvalue weighted by atomic mass is 16.5. The van der Waals surface area contributed by atoms with Gasteiger partial charge in [-0.1, -0.05) is 36.4 Å². The van der Waals surface area contributed by atoms with Crippen LogP contribution in [-0.2, 0) is 0 Å². The molecule has 5 heteroatoms. The van der Waals surface area contributed by atoms with Crippen LogP contribution in [0.2, 0.25) is 0 Å². The zero-order valence-electron chi connectivity index (χ0n) is 14.3. The monoisotopic (exact) mass is 340 g/mol. The van der Waals surface area contributed by atoms with Gasteiger partial charge in [0.1, 0.15) is 24.0 Å². The topological polar surface area (TPSA) is 61.5 Å². The number of hydrogen-bond donors (Lipinski definition) is 0. The second-order valence-electron chi connectivity index (χ2n) is 5.86. The van der Waals surface area contributed by atoms with Crippen molar-refractivity contribution in [2.24, 2.45) is 4.99 Å². The van der Waals surface area contributed by atoms with E-state index in [1.807, 2.05) is 65.7 Å². The highest BCUT2D eigenvalue weighted by Gasteiger charge is 2.18. The molecule has 0 amide bonds. The molecule has 0 bridgehead atoms. The Morgan fingerprint density at radius 3 is 2.73 bits per heavy atom. The molecule has 3 aromatic rings. The number of aromatic nitrogens is 1. The van der Waals surface area contributed by atoms with Crippen LogP contribution in [0.3, 0.4) is 0 Å². The minimum Gasteiger partial charge on any atom is -0.494 e. The molecule has 0 saturated heterocycles. The zero-order valence-corrected chi connectivity index (χ0v) is 14.3. The van der Waals surface area contributed by atoms with E-state index in [0.29, 0.717) is 18.0 Å². The van der Waals surface area contributed by atoms with E-state index in [1.54, 1.807) is 13.3 Å². The minimum atomic E-state index is 0.435. The largest absolute Gasteiger partial charge is 0.494 e. The van der Waals surface area contributed by atoms with E-state index in [2.05, 4.69) is 16.0 Å². The van der Waals surface area contributed by atoms with Gasteiger partial charge in [0.2, 0.25) is 0 Å². The van der Waals surface area contributed by atoms with Crippen LogP contribution in [-0.4, -0.2) is 24.5 Å². The number of nitrogens with zero attached hydrogens (tertiary/aromatic N) is 4. The van der Waals surface area contributed by atoms with Crippen molar-refractivity contribution in [1.29, 1.82) is 5.26 Å². The van der Waals surface area contributed by atoms with Gasteiger partial charge in [-0.05, 0) is 12.1 Å². The lowest BCUT2D eigenvalue weighted by molar-refractivity contribution is 0.419. The Labute approximate surface area is 151 Å². The van der Waals surface area contributed by atoms with Gasteiger partial charge < -0.3 is 9.64 Å². The van der Waals surface area contributed by atoms with E-state index in [0.717, 1.165) is 27.9 Å². The van der Waals surface area contributed by atoms with Crippen molar-refractivity contribution in [1.82, 2.24) is 4.98 Å². The van der Waals surface area contributed by atoms with Gasteiger partial charge in [-0.15, -0.1) is 0 Å². The molecule has 0 saturated carbocycles. The fraction of sp³-hybridized carbons (Fsp3) is 0.0952. The van der Waals surface area contributed by atoms with E-state index in [9.17, 15) is 5.26 Å². The van der Waals surface area contributed by atoms with Crippen molar-refractivity contribution in [3.63, 3.8) is 0 Å². The Hall–Kier alpha value is -3.65. The predicted octanol–water partition coefficient (Wildman–Crippen LogP) is 3.92. The second kappa shape index (κ2) is 6.69. The van der Waals surface area contributed by atoms with Gasteiger partial charge in [0.25, 0.3) is 0 Å².